The molecule has 0 bridgehead atoms. The fourth-order valence-corrected chi connectivity index (χ4v) is 0.885. The maximum atomic E-state index is 10.6. The summed E-state index contributed by atoms with van der Waals surface area (Å²) in [6.45, 7) is 2.41. The van der Waals surface area contributed by atoms with Crippen LogP contribution in [0.2, 0.25) is 0 Å². The van der Waals surface area contributed by atoms with E-state index in [9.17, 15) is 4.79 Å². The first-order valence-corrected chi connectivity index (χ1v) is 4.27. The Hall–Kier alpha value is -1.78. The highest BCUT2D eigenvalue weighted by Crippen LogP contribution is 2.18. The summed E-state index contributed by atoms with van der Waals surface area (Å²) in [7, 11) is 0. The highest BCUT2D eigenvalue weighted by molar-refractivity contribution is 5.86. The summed E-state index contributed by atoms with van der Waals surface area (Å²) in [5, 5.41) is 8.67. The van der Waals surface area contributed by atoms with Gasteiger partial charge in [-0.25, -0.2) is 9.78 Å². The van der Waals surface area contributed by atoms with Crippen LogP contribution in [0.5, 0.6) is 5.88 Å². The molecule has 0 aliphatic heterocycles. The fourth-order valence-electron chi connectivity index (χ4n) is 0.885. The van der Waals surface area contributed by atoms with E-state index in [0.717, 1.165) is 6.42 Å². The topological polar surface area (TPSA) is 85.4 Å². The second-order valence-corrected chi connectivity index (χ2v) is 2.74. The van der Waals surface area contributed by atoms with Crippen molar-refractivity contribution in [1.29, 1.82) is 0 Å². The Morgan fingerprint density at radius 2 is 2.36 bits per heavy atom. The van der Waals surface area contributed by atoms with Gasteiger partial charge in [0.1, 0.15) is 0 Å². The summed E-state index contributed by atoms with van der Waals surface area (Å²) < 4.78 is 5.18. The maximum Gasteiger partial charge on any atom is 0.354 e. The molecule has 14 heavy (non-hydrogen) atoms. The molecule has 0 spiro atoms. The number of carbonyl (C=O) groups is 1. The number of aromatic nitrogens is 1. The molecule has 1 aromatic heterocycles. The molecule has 0 fully saturated rings. The first kappa shape index (κ1) is 10.3. The summed E-state index contributed by atoms with van der Waals surface area (Å²) in [6.07, 6.45) is 0.818. The normalized spacial score (nSPS) is 9.79. The van der Waals surface area contributed by atoms with Gasteiger partial charge in [0.2, 0.25) is 5.88 Å². The first-order chi connectivity index (χ1) is 6.65. The minimum atomic E-state index is -1.09. The maximum absolute atomic E-state index is 10.6. The van der Waals surface area contributed by atoms with Crippen LogP contribution in [-0.4, -0.2) is 22.7 Å². The third-order valence-electron chi connectivity index (χ3n) is 1.55. The smallest absolute Gasteiger partial charge is 0.354 e. The minimum Gasteiger partial charge on any atom is -0.477 e. The van der Waals surface area contributed by atoms with Crippen molar-refractivity contribution in [2.24, 2.45) is 0 Å². The van der Waals surface area contributed by atoms with Crippen LogP contribution in [-0.2, 0) is 0 Å². The standard InChI is InChI=1S/C9H12N2O3/c1-2-5-14-8-6(10)3-4-7(11-8)9(12)13/h3-4H,2,5,10H2,1H3,(H,12,13). The average molecular weight is 196 g/mol. The van der Waals surface area contributed by atoms with Crippen LogP contribution in [0.1, 0.15) is 23.8 Å². The number of nitrogen functional groups attached to an aromatic ring is 1. The number of ether oxygens (including phenoxy) is 1. The number of hydrogen-bond donors (Lipinski definition) is 2. The lowest BCUT2D eigenvalue weighted by Crippen LogP contribution is -2.06. The Labute approximate surface area is 81.5 Å². The van der Waals surface area contributed by atoms with E-state index in [-0.39, 0.29) is 11.6 Å². The Kier molecular flexibility index (Phi) is 3.28. The van der Waals surface area contributed by atoms with Gasteiger partial charge in [0.05, 0.1) is 12.3 Å². The van der Waals surface area contributed by atoms with Crippen molar-refractivity contribution in [1.82, 2.24) is 4.98 Å². The molecule has 76 valence electrons. The zero-order valence-electron chi connectivity index (χ0n) is 7.86. The van der Waals surface area contributed by atoms with Gasteiger partial charge in [0.25, 0.3) is 0 Å². The summed E-state index contributed by atoms with van der Waals surface area (Å²) in [5.74, 6) is -0.905. The Bertz CT molecular complexity index is 339. The molecule has 0 saturated heterocycles. The molecule has 0 saturated carbocycles. The van der Waals surface area contributed by atoms with Gasteiger partial charge in [-0.15, -0.1) is 0 Å². The number of carboxylic acid groups (broad SMARTS) is 1. The lowest BCUT2D eigenvalue weighted by atomic mass is 10.3. The van der Waals surface area contributed by atoms with Gasteiger partial charge in [-0.05, 0) is 18.6 Å². The third-order valence-corrected chi connectivity index (χ3v) is 1.55. The van der Waals surface area contributed by atoms with Crippen molar-refractivity contribution in [2.45, 2.75) is 13.3 Å². The number of pyridine rings is 1. The van der Waals surface area contributed by atoms with Gasteiger partial charge in [-0.3, -0.25) is 0 Å². The molecule has 1 aromatic rings. The number of nitrogens with zero attached hydrogens (tertiary/aromatic N) is 1. The molecule has 0 unspecified atom stereocenters. The van der Waals surface area contributed by atoms with Gasteiger partial charge in [-0.1, -0.05) is 6.92 Å². The minimum absolute atomic E-state index is 0.0645. The van der Waals surface area contributed by atoms with Gasteiger partial charge in [0, 0.05) is 0 Å². The molecule has 0 atom stereocenters. The fraction of sp³-hybridized carbons (Fsp3) is 0.333. The number of anilines is 1. The second-order valence-electron chi connectivity index (χ2n) is 2.74. The Balaban J connectivity index is 2.90. The summed E-state index contributed by atoms with van der Waals surface area (Å²) in [4.78, 5) is 14.3. The number of nitrogens with two attached hydrogens (primary N) is 1. The van der Waals surface area contributed by atoms with Crippen molar-refractivity contribution < 1.29 is 14.6 Å². The Morgan fingerprint density at radius 3 is 2.93 bits per heavy atom. The summed E-state index contributed by atoms with van der Waals surface area (Å²) in [5.41, 5.74) is 5.84. The average Bonchev–Trinajstić information content (AvgIpc) is 2.16. The predicted octanol–water partition coefficient (Wildman–Crippen LogP) is 1.15. The van der Waals surface area contributed by atoms with Crippen molar-refractivity contribution in [2.75, 3.05) is 12.3 Å². The SMILES string of the molecule is CCCOc1nc(C(=O)O)ccc1N. The Morgan fingerprint density at radius 1 is 1.64 bits per heavy atom. The highest BCUT2D eigenvalue weighted by Gasteiger charge is 2.08. The van der Waals surface area contributed by atoms with Gasteiger partial charge in [-0.2, -0.15) is 0 Å². The van der Waals surface area contributed by atoms with E-state index in [4.69, 9.17) is 15.6 Å². The van der Waals surface area contributed by atoms with E-state index < -0.39 is 5.97 Å². The van der Waals surface area contributed by atoms with Crippen LogP contribution >= 0.6 is 0 Å². The molecule has 3 N–H and O–H groups in total. The molecule has 5 heteroatoms. The summed E-state index contributed by atoms with van der Waals surface area (Å²) in [6, 6.07) is 2.82. The third kappa shape index (κ3) is 2.35. The van der Waals surface area contributed by atoms with E-state index in [1.54, 1.807) is 0 Å². The summed E-state index contributed by atoms with van der Waals surface area (Å²) >= 11 is 0. The van der Waals surface area contributed by atoms with Crippen LogP contribution in [0, 0.1) is 0 Å². The van der Waals surface area contributed by atoms with Crippen molar-refractivity contribution >= 4 is 11.7 Å². The number of carboxylic acids is 1. The second kappa shape index (κ2) is 4.45. The van der Waals surface area contributed by atoms with Crippen molar-refractivity contribution in [3.8, 4) is 5.88 Å². The van der Waals surface area contributed by atoms with Crippen LogP contribution < -0.4 is 10.5 Å². The van der Waals surface area contributed by atoms with E-state index in [1.165, 1.54) is 12.1 Å². The van der Waals surface area contributed by atoms with Gasteiger partial charge in [0.15, 0.2) is 5.69 Å². The van der Waals surface area contributed by atoms with E-state index in [2.05, 4.69) is 4.98 Å². The molecule has 1 heterocycles. The zero-order valence-corrected chi connectivity index (χ0v) is 7.86. The molecule has 0 amide bonds. The molecule has 0 aliphatic carbocycles. The molecule has 0 aromatic carbocycles. The highest BCUT2D eigenvalue weighted by atomic mass is 16.5. The van der Waals surface area contributed by atoms with Crippen LogP contribution in [0.4, 0.5) is 5.69 Å². The van der Waals surface area contributed by atoms with Gasteiger partial charge < -0.3 is 15.6 Å². The van der Waals surface area contributed by atoms with Crippen LogP contribution in [0.15, 0.2) is 12.1 Å². The van der Waals surface area contributed by atoms with Crippen LogP contribution in [0.25, 0.3) is 0 Å². The van der Waals surface area contributed by atoms with E-state index in [1.807, 2.05) is 6.92 Å². The molecule has 0 radical (unpaired) electrons. The zero-order chi connectivity index (χ0) is 10.6. The molecular formula is C9H12N2O3. The molecule has 5 nitrogen and oxygen atoms in total. The molecule has 1 rings (SSSR count). The van der Waals surface area contributed by atoms with E-state index in [0.29, 0.717) is 12.3 Å². The van der Waals surface area contributed by atoms with Crippen LogP contribution in [0.3, 0.4) is 0 Å². The first-order valence-electron chi connectivity index (χ1n) is 4.27. The number of aromatic carboxylic acids is 1. The predicted molar refractivity (Wildman–Crippen MR) is 51.4 cm³/mol. The molecule has 0 aliphatic rings. The monoisotopic (exact) mass is 196 g/mol. The van der Waals surface area contributed by atoms with Gasteiger partial charge >= 0.3 is 5.97 Å². The lowest BCUT2D eigenvalue weighted by Gasteiger charge is -2.06. The number of hydrogen-bond acceptors (Lipinski definition) is 4. The lowest BCUT2D eigenvalue weighted by molar-refractivity contribution is 0.0689. The quantitative estimate of drug-likeness (QED) is 0.754. The molecular weight excluding hydrogens is 184 g/mol. The largest absolute Gasteiger partial charge is 0.477 e. The van der Waals surface area contributed by atoms with Crippen molar-refractivity contribution in [3.05, 3.63) is 17.8 Å². The van der Waals surface area contributed by atoms with E-state index >= 15 is 0 Å². The number of rotatable bonds is 4. The van der Waals surface area contributed by atoms with Crippen molar-refractivity contribution in [3.63, 3.8) is 0 Å².